The fourth-order valence-electron chi connectivity index (χ4n) is 2.69. The van der Waals surface area contributed by atoms with E-state index < -0.39 is 6.61 Å². The van der Waals surface area contributed by atoms with E-state index in [-0.39, 0.29) is 17.7 Å². The SMILES string of the molecule is COCCCC(=O)N[C@H]1CCN(c2ccccc2OC(F)F)C1. The number of carbonyl (C=O) groups excluding carboxylic acids is 1. The average molecular weight is 328 g/mol. The molecule has 2 rings (SSSR count). The number of hydrogen-bond acceptors (Lipinski definition) is 4. The van der Waals surface area contributed by atoms with Crippen molar-refractivity contribution in [1.82, 2.24) is 5.32 Å². The number of benzene rings is 1. The van der Waals surface area contributed by atoms with Gasteiger partial charge in [-0.1, -0.05) is 12.1 Å². The minimum atomic E-state index is -2.85. The van der Waals surface area contributed by atoms with Crippen molar-refractivity contribution in [2.75, 3.05) is 31.7 Å². The Morgan fingerprint density at radius 3 is 2.96 bits per heavy atom. The minimum Gasteiger partial charge on any atom is -0.433 e. The molecule has 0 unspecified atom stereocenters. The summed E-state index contributed by atoms with van der Waals surface area (Å²) in [6.45, 7) is -1.02. The van der Waals surface area contributed by atoms with E-state index in [9.17, 15) is 13.6 Å². The smallest absolute Gasteiger partial charge is 0.387 e. The number of anilines is 1. The molecule has 1 heterocycles. The van der Waals surface area contributed by atoms with E-state index in [4.69, 9.17) is 4.74 Å². The summed E-state index contributed by atoms with van der Waals surface area (Å²) in [6, 6.07) is 6.74. The van der Waals surface area contributed by atoms with Crippen LogP contribution in [0.5, 0.6) is 5.75 Å². The van der Waals surface area contributed by atoms with Gasteiger partial charge in [0.05, 0.1) is 5.69 Å². The maximum absolute atomic E-state index is 12.5. The molecule has 5 nitrogen and oxygen atoms in total. The Labute approximate surface area is 134 Å². The zero-order chi connectivity index (χ0) is 16.7. The van der Waals surface area contributed by atoms with Gasteiger partial charge in [0.2, 0.25) is 5.91 Å². The van der Waals surface area contributed by atoms with E-state index in [1.807, 2.05) is 4.90 Å². The summed E-state index contributed by atoms with van der Waals surface area (Å²) in [7, 11) is 1.60. The second kappa shape index (κ2) is 8.67. The van der Waals surface area contributed by atoms with Crippen LogP contribution in [0.15, 0.2) is 24.3 Å². The van der Waals surface area contributed by atoms with Gasteiger partial charge in [-0.15, -0.1) is 0 Å². The van der Waals surface area contributed by atoms with Crippen LogP contribution in [0.3, 0.4) is 0 Å². The maximum atomic E-state index is 12.5. The third-order valence-electron chi connectivity index (χ3n) is 3.73. The van der Waals surface area contributed by atoms with Crippen molar-refractivity contribution in [1.29, 1.82) is 0 Å². The number of alkyl halides is 2. The number of nitrogens with zero attached hydrogens (tertiary/aromatic N) is 1. The van der Waals surface area contributed by atoms with Crippen molar-refractivity contribution in [2.45, 2.75) is 31.9 Å². The van der Waals surface area contributed by atoms with E-state index in [1.54, 1.807) is 25.3 Å². The molecular formula is C16H22F2N2O3. The van der Waals surface area contributed by atoms with Gasteiger partial charge in [-0.25, -0.2) is 0 Å². The van der Waals surface area contributed by atoms with Gasteiger partial charge in [0.15, 0.2) is 0 Å². The molecule has 0 aromatic heterocycles. The van der Waals surface area contributed by atoms with E-state index in [1.165, 1.54) is 6.07 Å². The Balaban J connectivity index is 1.89. The van der Waals surface area contributed by atoms with Crippen molar-refractivity contribution < 1.29 is 23.0 Å². The van der Waals surface area contributed by atoms with Gasteiger partial charge >= 0.3 is 6.61 Å². The molecule has 0 radical (unpaired) electrons. The van der Waals surface area contributed by atoms with E-state index >= 15 is 0 Å². The molecule has 1 N–H and O–H groups in total. The summed E-state index contributed by atoms with van der Waals surface area (Å²) in [5.74, 6) is 0.153. The van der Waals surface area contributed by atoms with Crippen LogP contribution in [0.25, 0.3) is 0 Å². The third kappa shape index (κ3) is 5.35. The summed E-state index contributed by atoms with van der Waals surface area (Å²) in [6.07, 6.45) is 1.89. The lowest BCUT2D eigenvalue weighted by atomic mass is 10.2. The lowest BCUT2D eigenvalue weighted by Crippen LogP contribution is -2.37. The summed E-state index contributed by atoms with van der Waals surface area (Å²) in [4.78, 5) is 13.8. The topological polar surface area (TPSA) is 50.8 Å². The van der Waals surface area contributed by atoms with Gasteiger partial charge < -0.3 is 19.7 Å². The largest absolute Gasteiger partial charge is 0.433 e. The van der Waals surface area contributed by atoms with Gasteiger partial charge in [0, 0.05) is 39.3 Å². The fourth-order valence-corrected chi connectivity index (χ4v) is 2.69. The number of hydrogen-bond donors (Lipinski definition) is 1. The van der Waals surface area contributed by atoms with Crippen molar-refractivity contribution in [3.05, 3.63) is 24.3 Å². The number of para-hydroxylation sites is 2. The van der Waals surface area contributed by atoms with Crippen molar-refractivity contribution in [3.8, 4) is 5.75 Å². The highest BCUT2D eigenvalue weighted by Gasteiger charge is 2.26. The van der Waals surface area contributed by atoms with E-state index in [0.717, 1.165) is 6.42 Å². The monoisotopic (exact) mass is 328 g/mol. The Bertz CT molecular complexity index is 514. The number of amides is 1. The van der Waals surface area contributed by atoms with Crippen LogP contribution < -0.4 is 15.0 Å². The minimum absolute atomic E-state index is 0.00832. The fraction of sp³-hybridized carbons (Fsp3) is 0.562. The molecule has 1 amide bonds. The average Bonchev–Trinajstić information content (AvgIpc) is 2.95. The Hall–Kier alpha value is -1.89. The Morgan fingerprint density at radius 1 is 1.43 bits per heavy atom. The first-order valence-electron chi connectivity index (χ1n) is 7.67. The third-order valence-corrected chi connectivity index (χ3v) is 3.73. The second-order valence-electron chi connectivity index (χ2n) is 5.44. The van der Waals surface area contributed by atoms with Crippen LogP contribution in [-0.4, -0.2) is 45.4 Å². The molecule has 1 saturated heterocycles. The number of ether oxygens (including phenoxy) is 2. The molecule has 1 fully saturated rings. The van der Waals surface area contributed by atoms with Crippen LogP contribution in [0.4, 0.5) is 14.5 Å². The van der Waals surface area contributed by atoms with Gasteiger partial charge in [0.1, 0.15) is 5.75 Å². The molecule has 0 aliphatic carbocycles. The molecule has 0 bridgehead atoms. The van der Waals surface area contributed by atoms with E-state index in [0.29, 0.717) is 38.2 Å². The quantitative estimate of drug-likeness (QED) is 0.745. The first kappa shape index (κ1) is 17.5. The van der Waals surface area contributed by atoms with Crippen LogP contribution in [-0.2, 0) is 9.53 Å². The van der Waals surface area contributed by atoms with Gasteiger partial charge in [0.25, 0.3) is 0 Å². The van der Waals surface area contributed by atoms with Crippen molar-refractivity contribution in [3.63, 3.8) is 0 Å². The zero-order valence-electron chi connectivity index (χ0n) is 13.1. The molecule has 23 heavy (non-hydrogen) atoms. The molecule has 1 aliphatic heterocycles. The normalized spacial score (nSPS) is 17.6. The molecule has 0 spiro atoms. The molecule has 7 heteroatoms. The highest BCUT2D eigenvalue weighted by atomic mass is 19.3. The lowest BCUT2D eigenvalue weighted by molar-refractivity contribution is -0.121. The molecule has 1 aromatic rings. The molecule has 1 aliphatic rings. The number of carbonyl (C=O) groups is 1. The Morgan fingerprint density at radius 2 is 2.22 bits per heavy atom. The maximum Gasteiger partial charge on any atom is 0.387 e. The number of halogens is 2. The van der Waals surface area contributed by atoms with Crippen LogP contribution >= 0.6 is 0 Å². The molecule has 128 valence electrons. The number of rotatable bonds is 8. The predicted octanol–water partition coefficient (Wildman–Crippen LogP) is 2.41. The standard InChI is InChI=1S/C16H22F2N2O3/c1-22-10-4-7-15(21)19-12-8-9-20(11-12)13-5-2-3-6-14(13)23-16(17)18/h2-3,5-6,12,16H,4,7-11H2,1H3,(H,19,21)/t12-/m0/s1. The van der Waals surface area contributed by atoms with Crippen LogP contribution in [0, 0.1) is 0 Å². The summed E-state index contributed by atoms with van der Waals surface area (Å²) >= 11 is 0. The number of nitrogens with one attached hydrogen (secondary N) is 1. The van der Waals surface area contributed by atoms with Gasteiger partial charge in [-0.05, 0) is 25.0 Å². The highest BCUT2D eigenvalue weighted by Crippen LogP contribution is 2.31. The van der Waals surface area contributed by atoms with Crippen molar-refractivity contribution in [2.24, 2.45) is 0 Å². The summed E-state index contributed by atoms with van der Waals surface area (Å²) in [5.41, 5.74) is 0.629. The summed E-state index contributed by atoms with van der Waals surface area (Å²) < 4.78 is 34.4. The van der Waals surface area contributed by atoms with Gasteiger partial charge in [-0.2, -0.15) is 8.78 Å². The molecule has 1 atom stereocenters. The van der Waals surface area contributed by atoms with Crippen molar-refractivity contribution >= 4 is 11.6 Å². The first-order chi connectivity index (χ1) is 11.1. The number of methoxy groups -OCH3 is 1. The predicted molar refractivity (Wildman–Crippen MR) is 82.9 cm³/mol. The summed E-state index contributed by atoms with van der Waals surface area (Å²) in [5, 5.41) is 2.97. The highest BCUT2D eigenvalue weighted by molar-refractivity contribution is 5.76. The molecule has 0 saturated carbocycles. The first-order valence-corrected chi connectivity index (χ1v) is 7.67. The Kier molecular flexibility index (Phi) is 6.58. The van der Waals surface area contributed by atoms with Crippen LogP contribution in [0.2, 0.25) is 0 Å². The van der Waals surface area contributed by atoms with Gasteiger partial charge in [-0.3, -0.25) is 4.79 Å². The van der Waals surface area contributed by atoms with E-state index in [2.05, 4.69) is 10.1 Å². The van der Waals surface area contributed by atoms with Crippen LogP contribution in [0.1, 0.15) is 19.3 Å². The molecule has 1 aromatic carbocycles. The lowest BCUT2D eigenvalue weighted by Gasteiger charge is -2.22. The molecular weight excluding hydrogens is 306 g/mol. The zero-order valence-corrected chi connectivity index (χ0v) is 13.1. The second-order valence-corrected chi connectivity index (χ2v) is 5.44.